The van der Waals surface area contributed by atoms with Crippen LogP contribution in [-0.4, -0.2) is 18.4 Å². The first-order valence-corrected chi connectivity index (χ1v) is 4.46. The van der Waals surface area contributed by atoms with Gasteiger partial charge in [-0.1, -0.05) is 17.7 Å². The summed E-state index contributed by atoms with van der Waals surface area (Å²) >= 11 is 5.51. The van der Waals surface area contributed by atoms with Gasteiger partial charge < -0.3 is 17.7 Å². The molecule has 0 saturated heterocycles. The van der Waals surface area contributed by atoms with E-state index in [4.69, 9.17) is 11.6 Å². The highest BCUT2D eigenvalue weighted by molar-refractivity contribution is 6.58. The minimum absolute atomic E-state index is 0.228. The summed E-state index contributed by atoms with van der Waals surface area (Å²) in [5, 5.41) is 10.3. The van der Waals surface area contributed by atoms with Crippen LogP contribution < -0.4 is 4.74 Å². The molecule has 0 aromatic heterocycles. The maximum Gasteiger partial charge on any atom is 0.515 e. The lowest BCUT2D eigenvalue weighted by Crippen LogP contribution is -2.26. The van der Waals surface area contributed by atoms with Crippen molar-refractivity contribution in [1.29, 1.82) is 0 Å². The summed E-state index contributed by atoms with van der Waals surface area (Å²) in [5.41, 5.74) is -0.590. The van der Waals surface area contributed by atoms with Gasteiger partial charge >= 0.3 is 12.7 Å². The van der Waals surface area contributed by atoms with Crippen LogP contribution in [0.5, 0.6) is 5.75 Å². The summed E-state index contributed by atoms with van der Waals surface area (Å²) < 4.78 is 40.1. The molecule has 1 aromatic carbocycles. The number of halogens is 4. The summed E-state index contributed by atoms with van der Waals surface area (Å²) in [7, 11) is 0. The van der Waals surface area contributed by atoms with E-state index in [1.54, 1.807) is 0 Å². The smallest absolute Gasteiger partial charge is 0.515 e. The molecule has 4 nitrogen and oxygen atoms in total. The van der Waals surface area contributed by atoms with Gasteiger partial charge in [0.25, 0.3) is 0 Å². The highest BCUT2D eigenvalue weighted by atomic mass is 35.5. The van der Waals surface area contributed by atoms with Gasteiger partial charge in [0, 0.05) is 6.07 Å². The van der Waals surface area contributed by atoms with Crippen LogP contribution in [0.15, 0.2) is 18.2 Å². The zero-order chi connectivity index (χ0) is 12.3. The molecule has 0 unspecified atom stereocenters. The fraction of sp³-hybridized carbons (Fsp3) is 0.143. The molecule has 0 bridgehead atoms. The minimum Gasteiger partial charge on any atom is -0.516 e. The molecule has 0 aliphatic carbocycles. The van der Waals surface area contributed by atoms with Gasteiger partial charge in [0.05, 0.1) is 16.5 Å². The van der Waals surface area contributed by atoms with E-state index in [2.05, 4.69) is 4.74 Å². The van der Waals surface area contributed by atoms with Crippen molar-refractivity contribution < 1.29 is 22.6 Å². The lowest BCUT2D eigenvalue weighted by molar-refractivity contribution is -0.385. The van der Waals surface area contributed by atoms with E-state index in [-0.39, 0.29) is 5.02 Å². The van der Waals surface area contributed by atoms with Crippen molar-refractivity contribution >= 4 is 24.3 Å². The Labute approximate surface area is 93.2 Å². The molecule has 0 spiro atoms. The molecule has 0 amide bonds. The molecular weight excluding hydrogens is 249 g/mol. The molecule has 0 fully saturated rings. The highest BCUT2D eigenvalue weighted by Gasteiger charge is 2.27. The van der Waals surface area contributed by atoms with E-state index in [0.717, 1.165) is 6.07 Å². The van der Waals surface area contributed by atoms with Gasteiger partial charge in [0.15, 0.2) is 0 Å². The number of benzene rings is 1. The molecule has 0 aliphatic rings. The maximum atomic E-state index is 11.9. The Morgan fingerprint density at radius 2 is 2.06 bits per heavy atom. The van der Waals surface area contributed by atoms with Gasteiger partial charge in [-0.2, -0.15) is 0 Å². The summed E-state index contributed by atoms with van der Waals surface area (Å²) in [6.07, 6.45) is 0. The second kappa shape index (κ2) is 4.61. The Morgan fingerprint density at radius 3 is 2.56 bits per heavy atom. The standard InChI is InChI=1S/C7H5BClF3NO3/c9-5-2-1-3-6(13(14)15)7(5)16-4-8(10,11)12/h1-3H,4H2/q-1. The molecule has 9 heteroatoms. The number of ether oxygens (including phenoxy) is 1. The van der Waals surface area contributed by atoms with E-state index in [0.29, 0.717) is 0 Å². The predicted molar refractivity (Wildman–Crippen MR) is 52.7 cm³/mol. The second-order valence-corrected chi connectivity index (χ2v) is 3.27. The first-order chi connectivity index (χ1) is 7.31. The number of hydrogen-bond donors (Lipinski definition) is 0. The Balaban J connectivity index is 2.98. The molecule has 1 aromatic rings. The van der Waals surface area contributed by atoms with E-state index in [1.165, 1.54) is 12.1 Å². The van der Waals surface area contributed by atoms with Gasteiger partial charge in [-0.05, 0) is 6.07 Å². The van der Waals surface area contributed by atoms with Crippen molar-refractivity contribution in [2.75, 3.05) is 6.51 Å². The second-order valence-electron chi connectivity index (χ2n) is 2.87. The van der Waals surface area contributed by atoms with Crippen molar-refractivity contribution in [3.63, 3.8) is 0 Å². The molecule has 1 rings (SSSR count). The van der Waals surface area contributed by atoms with Gasteiger partial charge in [0.1, 0.15) is 0 Å². The Bertz CT molecular complexity index is 412. The SMILES string of the molecule is O=[N+]([O-])c1cccc(Cl)c1OC[B-](F)(F)F. The van der Waals surface area contributed by atoms with Crippen LogP contribution in [0, 0.1) is 10.1 Å². The quantitative estimate of drug-likeness (QED) is 0.471. The topological polar surface area (TPSA) is 52.4 Å². The van der Waals surface area contributed by atoms with Crippen molar-refractivity contribution in [2.45, 2.75) is 0 Å². The first kappa shape index (κ1) is 12.6. The van der Waals surface area contributed by atoms with Crippen LogP contribution in [0.3, 0.4) is 0 Å². The van der Waals surface area contributed by atoms with Crippen molar-refractivity contribution in [1.82, 2.24) is 0 Å². The van der Waals surface area contributed by atoms with Gasteiger partial charge in [0.2, 0.25) is 5.75 Å². The van der Waals surface area contributed by atoms with Crippen LogP contribution in [0.1, 0.15) is 0 Å². The van der Waals surface area contributed by atoms with Gasteiger partial charge in [-0.25, -0.2) is 0 Å². The number of nitro benzene ring substituents is 1. The summed E-state index contributed by atoms with van der Waals surface area (Å²) in [4.78, 5) is 9.63. The van der Waals surface area contributed by atoms with Crippen LogP contribution in [0.4, 0.5) is 18.6 Å². The number of nitro groups is 1. The lowest BCUT2D eigenvalue weighted by Gasteiger charge is -2.15. The molecule has 0 N–H and O–H groups in total. The van der Waals surface area contributed by atoms with Crippen LogP contribution >= 0.6 is 11.6 Å². The third-order valence-corrected chi connectivity index (χ3v) is 1.86. The molecule has 88 valence electrons. The zero-order valence-corrected chi connectivity index (χ0v) is 8.46. The number of nitrogens with zero attached hydrogens (tertiary/aromatic N) is 1. The van der Waals surface area contributed by atoms with Crippen molar-refractivity contribution in [2.24, 2.45) is 0 Å². The summed E-state index contributed by atoms with van der Waals surface area (Å²) in [6.45, 7) is -6.75. The van der Waals surface area contributed by atoms with E-state index >= 15 is 0 Å². The maximum absolute atomic E-state index is 11.9. The largest absolute Gasteiger partial charge is 0.516 e. The minimum atomic E-state index is -5.18. The monoisotopic (exact) mass is 254 g/mol. The normalized spacial score (nSPS) is 11.2. The third kappa shape index (κ3) is 3.30. The summed E-state index contributed by atoms with van der Waals surface area (Å²) in [5.74, 6) is -0.562. The number of para-hydroxylation sites is 1. The molecule has 0 radical (unpaired) electrons. The van der Waals surface area contributed by atoms with Crippen molar-refractivity contribution in [3.8, 4) is 5.75 Å². The number of hydrogen-bond acceptors (Lipinski definition) is 3. The fourth-order valence-corrected chi connectivity index (χ4v) is 1.19. The Hall–Kier alpha value is -1.44. The van der Waals surface area contributed by atoms with E-state index in [9.17, 15) is 23.1 Å². The average Bonchev–Trinajstić information content (AvgIpc) is 2.13. The highest BCUT2D eigenvalue weighted by Crippen LogP contribution is 2.34. The molecule has 0 saturated carbocycles. The van der Waals surface area contributed by atoms with Crippen LogP contribution in [0.2, 0.25) is 5.02 Å². The Kier molecular flexibility index (Phi) is 3.64. The van der Waals surface area contributed by atoms with Crippen molar-refractivity contribution in [3.05, 3.63) is 33.3 Å². The van der Waals surface area contributed by atoms with E-state index in [1.807, 2.05) is 0 Å². The summed E-state index contributed by atoms with van der Waals surface area (Å²) in [6, 6.07) is 3.49. The Morgan fingerprint density at radius 1 is 1.44 bits per heavy atom. The van der Waals surface area contributed by atoms with Crippen LogP contribution in [-0.2, 0) is 0 Å². The van der Waals surface area contributed by atoms with Gasteiger partial charge in [-0.3, -0.25) is 10.1 Å². The van der Waals surface area contributed by atoms with Crippen LogP contribution in [0.25, 0.3) is 0 Å². The third-order valence-electron chi connectivity index (χ3n) is 1.56. The van der Waals surface area contributed by atoms with Gasteiger partial charge in [-0.15, -0.1) is 0 Å². The average molecular weight is 254 g/mol. The molecule has 0 aliphatic heterocycles. The number of rotatable bonds is 4. The predicted octanol–water partition coefficient (Wildman–Crippen LogP) is 3.01. The van der Waals surface area contributed by atoms with E-state index < -0.39 is 29.8 Å². The first-order valence-electron chi connectivity index (χ1n) is 4.08. The molecule has 0 heterocycles. The zero-order valence-electron chi connectivity index (χ0n) is 7.70. The fourth-order valence-electron chi connectivity index (χ4n) is 0.962. The molecular formula is C7H5BClF3NO3-. The molecule has 16 heavy (non-hydrogen) atoms. The molecule has 0 atom stereocenters. The lowest BCUT2D eigenvalue weighted by atomic mass is 9.95.